The number of aromatic nitrogens is 2. The monoisotopic (exact) mass is 471 g/mol. The number of benzene rings is 2. The van der Waals surface area contributed by atoms with Crippen LogP contribution in [0, 0.1) is 6.92 Å². The van der Waals surface area contributed by atoms with Gasteiger partial charge in [-0.15, -0.1) is 11.3 Å². The summed E-state index contributed by atoms with van der Waals surface area (Å²) < 4.78 is 30.4. The quantitative estimate of drug-likeness (QED) is 0.446. The van der Waals surface area contributed by atoms with Gasteiger partial charge in [0.15, 0.2) is 0 Å². The van der Waals surface area contributed by atoms with Crippen molar-refractivity contribution in [3.63, 3.8) is 0 Å². The summed E-state index contributed by atoms with van der Waals surface area (Å²) in [5.41, 5.74) is 3.51. The second kappa shape index (κ2) is 8.55. The lowest BCUT2D eigenvalue weighted by atomic mass is 10.1. The third-order valence-corrected chi connectivity index (χ3v) is 8.33. The van der Waals surface area contributed by atoms with Crippen LogP contribution in [0.3, 0.4) is 0 Å². The van der Waals surface area contributed by atoms with Crippen LogP contribution in [0.25, 0.3) is 21.1 Å². The molecule has 4 aromatic rings. The minimum atomic E-state index is -3.70. The highest BCUT2D eigenvalue weighted by molar-refractivity contribution is 7.90. The third-order valence-electron chi connectivity index (χ3n) is 5.58. The van der Waals surface area contributed by atoms with Gasteiger partial charge in [-0.1, -0.05) is 24.3 Å². The molecule has 0 aliphatic rings. The highest BCUT2D eigenvalue weighted by Gasteiger charge is 2.20. The smallest absolute Gasteiger partial charge is 0.291 e. The number of hydrogen-bond acceptors (Lipinski definition) is 5. The maximum absolute atomic E-state index is 13.3. The molecule has 0 fully saturated rings. The van der Waals surface area contributed by atoms with Crippen molar-refractivity contribution in [1.82, 2.24) is 13.9 Å². The number of para-hydroxylation sites is 2. The molecule has 9 heteroatoms. The van der Waals surface area contributed by atoms with Gasteiger partial charge < -0.3 is 0 Å². The van der Waals surface area contributed by atoms with E-state index in [1.54, 1.807) is 20.5 Å². The van der Waals surface area contributed by atoms with E-state index in [0.29, 0.717) is 12.1 Å². The lowest BCUT2D eigenvalue weighted by Crippen LogP contribution is -2.36. The number of carbonyl (C=O) groups is 1. The number of fused-ring (bicyclic) bond motifs is 2. The number of imidazole rings is 1. The van der Waals surface area contributed by atoms with Gasteiger partial charge in [0, 0.05) is 23.1 Å². The molecule has 0 saturated carbocycles. The van der Waals surface area contributed by atoms with Gasteiger partial charge in [-0.3, -0.25) is 18.7 Å². The number of amides is 1. The van der Waals surface area contributed by atoms with Crippen molar-refractivity contribution in [1.29, 1.82) is 0 Å². The molecule has 168 valence electrons. The fraction of sp³-hybridized carbons (Fsp3) is 0.304. The van der Waals surface area contributed by atoms with Crippen LogP contribution >= 0.6 is 11.3 Å². The molecule has 2 aromatic carbocycles. The molecule has 1 N–H and O–H groups in total. The van der Waals surface area contributed by atoms with Gasteiger partial charge in [-0.25, -0.2) is 13.2 Å². The summed E-state index contributed by atoms with van der Waals surface area (Å²) >= 11 is 1.66. The first-order chi connectivity index (χ1) is 15.2. The fourth-order valence-electron chi connectivity index (χ4n) is 3.81. The van der Waals surface area contributed by atoms with Gasteiger partial charge in [0.2, 0.25) is 15.9 Å². The van der Waals surface area contributed by atoms with Crippen LogP contribution in [0.2, 0.25) is 0 Å². The van der Waals surface area contributed by atoms with Crippen molar-refractivity contribution in [2.24, 2.45) is 0 Å². The summed E-state index contributed by atoms with van der Waals surface area (Å²) in [4.78, 5) is 25.5. The largest absolute Gasteiger partial charge is 0.329 e. The first-order valence-corrected chi connectivity index (χ1v) is 12.8. The molecule has 0 radical (unpaired) electrons. The first kappa shape index (κ1) is 22.3. The average Bonchev–Trinajstić information content (AvgIpc) is 3.27. The lowest BCUT2D eigenvalue weighted by Gasteiger charge is -2.09. The van der Waals surface area contributed by atoms with E-state index in [0.717, 1.165) is 11.1 Å². The topological polar surface area (TPSA) is 90.2 Å². The Morgan fingerprint density at radius 2 is 1.75 bits per heavy atom. The molecule has 1 amide bonds. The zero-order valence-corrected chi connectivity index (χ0v) is 19.8. The number of aryl methyl sites for hydroxylation is 2. The van der Waals surface area contributed by atoms with Crippen LogP contribution < -0.4 is 10.4 Å². The molecule has 2 aromatic heterocycles. The van der Waals surface area contributed by atoms with Crippen LogP contribution in [-0.4, -0.2) is 28.7 Å². The van der Waals surface area contributed by atoms with Crippen LogP contribution in [0.4, 0.5) is 0 Å². The molecule has 0 aliphatic carbocycles. The molecule has 0 aliphatic heterocycles. The molecular weight excluding hydrogens is 446 g/mol. The molecule has 0 atom stereocenters. The second-order valence-corrected chi connectivity index (χ2v) is 11.2. The zero-order valence-electron chi connectivity index (χ0n) is 18.2. The summed E-state index contributed by atoms with van der Waals surface area (Å²) in [6.07, 6.45) is -0.111. The van der Waals surface area contributed by atoms with Crippen LogP contribution in [-0.2, 0) is 27.9 Å². The minimum Gasteiger partial charge on any atom is -0.291 e. The summed E-state index contributed by atoms with van der Waals surface area (Å²) in [5, 5.41) is 2.54. The van der Waals surface area contributed by atoms with E-state index in [4.69, 9.17) is 0 Å². The van der Waals surface area contributed by atoms with E-state index in [9.17, 15) is 18.0 Å². The van der Waals surface area contributed by atoms with E-state index in [-0.39, 0.29) is 18.7 Å². The van der Waals surface area contributed by atoms with Crippen molar-refractivity contribution >= 4 is 48.4 Å². The van der Waals surface area contributed by atoms with Gasteiger partial charge in [-0.05, 0) is 55.5 Å². The maximum Gasteiger partial charge on any atom is 0.329 e. The second-order valence-electron chi connectivity index (χ2n) is 8.09. The van der Waals surface area contributed by atoms with Crippen LogP contribution in [0.5, 0.6) is 0 Å². The molecule has 0 spiro atoms. The van der Waals surface area contributed by atoms with Crippen LogP contribution in [0.15, 0.2) is 52.6 Å². The molecule has 7 nitrogen and oxygen atoms in total. The molecule has 4 rings (SSSR count). The summed E-state index contributed by atoms with van der Waals surface area (Å²) in [6.45, 7) is 5.59. The van der Waals surface area contributed by atoms with Crippen molar-refractivity contribution in [2.45, 2.75) is 45.5 Å². The highest BCUT2D eigenvalue weighted by Crippen LogP contribution is 2.29. The Hall–Kier alpha value is -2.91. The number of sulfonamides is 1. The number of carbonyl (C=O) groups excluding carboxylic acids is 1. The third kappa shape index (κ3) is 4.10. The Balaban J connectivity index is 1.67. The van der Waals surface area contributed by atoms with Crippen molar-refractivity contribution in [2.75, 3.05) is 0 Å². The Bertz CT molecular complexity index is 1480. The molecule has 32 heavy (non-hydrogen) atoms. The Morgan fingerprint density at radius 1 is 1.06 bits per heavy atom. The van der Waals surface area contributed by atoms with E-state index in [1.165, 1.54) is 29.5 Å². The predicted molar refractivity (Wildman–Crippen MR) is 129 cm³/mol. The Morgan fingerprint density at radius 3 is 2.44 bits per heavy atom. The van der Waals surface area contributed by atoms with Crippen molar-refractivity contribution < 1.29 is 13.2 Å². The Kier molecular flexibility index (Phi) is 5.96. The van der Waals surface area contributed by atoms with Gasteiger partial charge in [0.1, 0.15) is 0 Å². The maximum atomic E-state index is 13.3. The van der Waals surface area contributed by atoms with Gasteiger partial charge in [-0.2, -0.15) is 0 Å². The standard InChI is InChI=1S/C23H25N3O4S2/c1-15(2)32(29,30)24-21(27)11-12-25-18-8-4-5-9-19(18)26(23(25)28)13-17-14-31-20-10-6-7-16(3)22(17)20/h4-10,14-15H,11-13H2,1-3H3,(H,24,27). The number of rotatable bonds is 7. The fourth-order valence-corrected chi connectivity index (χ4v) is 5.50. The van der Waals surface area contributed by atoms with Gasteiger partial charge in [0.25, 0.3) is 0 Å². The van der Waals surface area contributed by atoms with Gasteiger partial charge >= 0.3 is 5.69 Å². The van der Waals surface area contributed by atoms with Crippen LogP contribution in [0.1, 0.15) is 31.4 Å². The molecule has 0 bridgehead atoms. The minimum absolute atomic E-state index is 0.0925. The normalized spacial score (nSPS) is 12.1. The van der Waals surface area contributed by atoms with Crippen molar-refractivity contribution in [3.8, 4) is 0 Å². The van der Waals surface area contributed by atoms with E-state index in [1.807, 2.05) is 30.3 Å². The van der Waals surface area contributed by atoms with Gasteiger partial charge in [0.05, 0.1) is 22.8 Å². The van der Waals surface area contributed by atoms with E-state index < -0.39 is 21.2 Å². The first-order valence-electron chi connectivity index (χ1n) is 10.4. The SMILES string of the molecule is Cc1cccc2scc(Cn3c(=O)n(CCC(=O)NS(=O)(=O)C(C)C)c4ccccc43)c12. The number of nitrogens with zero attached hydrogens (tertiary/aromatic N) is 2. The molecule has 0 saturated heterocycles. The van der Waals surface area contributed by atoms with E-state index >= 15 is 0 Å². The van der Waals surface area contributed by atoms with Crippen molar-refractivity contribution in [3.05, 3.63) is 69.5 Å². The average molecular weight is 472 g/mol. The predicted octanol–water partition coefficient (Wildman–Crippen LogP) is 3.62. The number of thiophene rings is 1. The number of hydrogen-bond donors (Lipinski definition) is 1. The molecule has 0 unspecified atom stereocenters. The lowest BCUT2D eigenvalue weighted by molar-refractivity contribution is -0.119. The summed E-state index contributed by atoms with van der Waals surface area (Å²) in [6, 6.07) is 13.6. The summed E-state index contributed by atoms with van der Waals surface area (Å²) in [7, 11) is -3.70. The van der Waals surface area contributed by atoms with E-state index in [2.05, 4.69) is 29.2 Å². The molecular formula is C23H25N3O4S2. The molecule has 2 heterocycles. The number of nitrogens with one attached hydrogen (secondary N) is 1. The Labute approximate surface area is 190 Å². The summed E-state index contributed by atoms with van der Waals surface area (Å²) in [5.74, 6) is -0.623. The zero-order chi connectivity index (χ0) is 23.0. The highest BCUT2D eigenvalue weighted by atomic mass is 32.2.